The van der Waals surface area contributed by atoms with E-state index in [0.717, 1.165) is 49.4 Å². The number of benzene rings is 7. The minimum absolute atomic E-state index is 0.00995. The number of esters is 3. The van der Waals surface area contributed by atoms with Crippen molar-refractivity contribution in [2.24, 2.45) is 7.05 Å². The van der Waals surface area contributed by atoms with Crippen LogP contribution in [0.1, 0.15) is 99.8 Å². The lowest BCUT2D eigenvalue weighted by Crippen LogP contribution is -2.49. The number of methoxy groups -OCH3 is 1. The van der Waals surface area contributed by atoms with Gasteiger partial charge in [0, 0.05) is 113 Å². The summed E-state index contributed by atoms with van der Waals surface area (Å²) in [6.07, 6.45) is 1.48. The molecule has 3 saturated heterocycles. The van der Waals surface area contributed by atoms with Gasteiger partial charge in [0.2, 0.25) is 0 Å². The maximum Gasteiger partial charge on any atom is 0.345 e. The molecule has 3 amide bonds. The summed E-state index contributed by atoms with van der Waals surface area (Å²) >= 11 is 12.1. The SMILES string of the molecule is CCOC(=O)c1c(N2CCN(C(=O)c3ccc(Cl)c(Cl)c3)CC2)c2ccccc2n(Cc2ccccc2)c1=O.CCOC(=O)c1c(N2CCN(C(=O)c3ccc(OC)cc3)CC2)c2ccccc2n(Cc2ccccc2)c1=O.CCOC(=O)c1c(N2CCN(C(=O)c3ccco3)CC2)c2cc(C)ccc2n(C)c1=O. The molecule has 0 aliphatic carbocycles. The van der Waals surface area contributed by atoms with Crippen molar-refractivity contribution in [1.82, 2.24) is 28.4 Å². The molecule has 7 aromatic carbocycles. The van der Waals surface area contributed by atoms with Gasteiger partial charge >= 0.3 is 17.9 Å². The van der Waals surface area contributed by atoms with Gasteiger partial charge in [-0.2, -0.15) is 0 Å². The lowest BCUT2D eigenvalue weighted by atomic mass is 10.0. The van der Waals surface area contributed by atoms with Gasteiger partial charge in [0.1, 0.15) is 22.4 Å². The largest absolute Gasteiger partial charge is 0.497 e. The van der Waals surface area contributed by atoms with E-state index in [4.69, 9.17) is 46.6 Å². The molecule has 3 aliphatic heterocycles. The average Bonchev–Trinajstić information content (AvgIpc) is 0.899. The van der Waals surface area contributed by atoms with E-state index in [2.05, 4.69) is 0 Å². The van der Waals surface area contributed by atoms with Crippen molar-refractivity contribution in [1.29, 1.82) is 0 Å². The summed E-state index contributed by atoms with van der Waals surface area (Å²) in [6, 6.07) is 55.6. The quantitative estimate of drug-likeness (QED) is 0.0608. The molecule has 0 bridgehead atoms. The number of para-hydroxylation sites is 2. The van der Waals surface area contributed by atoms with Crippen LogP contribution in [-0.2, 0) is 34.3 Å². The number of rotatable bonds is 17. The van der Waals surface area contributed by atoms with E-state index in [0.29, 0.717) is 141 Å². The second-order valence-electron chi connectivity index (χ2n) is 26.2. The minimum Gasteiger partial charge on any atom is -0.497 e. The number of carbonyl (C=O) groups is 6. The topological polar surface area (TPSA) is 238 Å². The molecule has 0 atom stereocenters. The van der Waals surface area contributed by atoms with Crippen LogP contribution in [0.4, 0.5) is 17.1 Å². The average molecular weight is 1510 g/mol. The number of hydrogen-bond donors (Lipinski definition) is 0. The molecule has 7 heterocycles. The number of pyridine rings is 3. The second kappa shape index (κ2) is 34.7. The first-order valence-electron chi connectivity index (χ1n) is 36.1. The molecular weight excluding hydrogens is 1430 g/mol. The molecular formula is C84H83Cl2N9O14. The van der Waals surface area contributed by atoms with Gasteiger partial charge in [-0.05, 0) is 118 Å². The third-order valence-corrected chi connectivity index (χ3v) is 20.2. The van der Waals surface area contributed by atoms with Crippen molar-refractivity contribution in [3.63, 3.8) is 0 Å². The number of piperazine rings is 3. The molecule has 25 heteroatoms. The number of ether oxygens (including phenoxy) is 4. The number of aryl methyl sites for hydroxylation is 2. The Morgan fingerprint density at radius 1 is 0.413 bits per heavy atom. The summed E-state index contributed by atoms with van der Waals surface area (Å²) in [4.78, 5) is 130. The number of nitrogens with zero attached hydrogens (tertiary/aromatic N) is 9. The number of aromatic nitrogens is 3. The number of amides is 3. The molecule has 109 heavy (non-hydrogen) atoms. The Kier molecular flexibility index (Phi) is 24.4. The van der Waals surface area contributed by atoms with Gasteiger partial charge in [-0.3, -0.25) is 28.8 Å². The number of hydrogen-bond acceptors (Lipinski definition) is 17. The van der Waals surface area contributed by atoms with Gasteiger partial charge in [-0.1, -0.05) is 132 Å². The zero-order valence-electron chi connectivity index (χ0n) is 61.4. The normalized spacial score (nSPS) is 13.7. The summed E-state index contributed by atoms with van der Waals surface area (Å²) in [5.41, 5.74) is 6.76. The Labute approximate surface area is 639 Å². The zero-order chi connectivity index (χ0) is 77.0. The molecule has 11 aromatic rings. The number of fused-ring (bicyclic) bond motifs is 3. The molecule has 14 rings (SSSR count). The molecule has 0 N–H and O–H groups in total. The van der Waals surface area contributed by atoms with Crippen molar-refractivity contribution in [2.75, 3.05) is 120 Å². The highest BCUT2D eigenvalue weighted by Gasteiger charge is 2.35. The molecule has 23 nitrogen and oxygen atoms in total. The molecule has 3 aliphatic rings. The van der Waals surface area contributed by atoms with E-state index in [1.54, 1.807) is 113 Å². The lowest BCUT2D eigenvalue weighted by Gasteiger charge is -2.37. The van der Waals surface area contributed by atoms with Crippen LogP contribution < -0.4 is 36.1 Å². The van der Waals surface area contributed by atoms with Gasteiger partial charge < -0.3 is 66.5 Å². The van der Waals surface area contributed by atoms with Crippen molar-refractivity contribution < 1.29 is 52.1 Å². The Morgan fingerprint density at radius 3 is 1.26 bits per heavy atom. The highest BCUT2D eigenvalue weighted by Crippen LogP contribution is 2.36. The van der Waals surface area contributed by atoms with Crippen LogP contribution in [0.3, 0.4) is 0 Å². The van der Waals surface area contributed by atoms with E-state index in [-0.39, 0.29) is 65.4 Å². The van der Waals surface area contributed by atoms with Crippen LogP contribution in [-0.4, -0.2) is 169 Å². The van der Waals surface area contributed by atoms with Crippen LogP contribution in [0.2, 0.25) is 10.0 Å². The highest BCUT2D eigenvalue weighted by atomic mass is 35.5. The van der Waals surface area contributed by atoms with Crippen molar-refractivity contribution in [3.8, 4) is 5.75 Å². The Balaban J connectivity index is 0.000000154. The van der Waals surface area contributed by atoms with Crippen LogP contribution in [0.25, 0.3) is 32.7 Å². The fourth-order valence-corrected chi connectivity index (χ4v) is 14.4. The fraction of sp³-hybridized carbons (Fsp3) is 0.274. The lowest BCUT2D eigenvalue weighted by molar-refractivity contribution is 0.0514. The van der Waals surface area contributed by atoms with Crippen LogP contribution >= 0.6 is 23.2 Å². The third-order valence-electron chi connectivity index (χ3n) is 19.5. The van der Waals surface area contributed by atoms with E-state index in [1.165, 1.54) is 10.8 Å². The van der Waals surface area contributed by atoms with Gasteiger partial charge in [0.25, 0.3) is 34.4 Å². The first-order chi connectivity index (χ1) is 52.8. The molecule has 3 fully saturated rings. The molecule has 562 valence electrons. The first-order valence-corrected chi connectivity index (χ1v) is 36.9. The minimum atomic E-state index is -0.653. The van der Waals surface area contributed by atoms with Gasteiger partial charge in [-0.15, -0.1) is 0 Å². The first kappa shape index (κ1) is 76.7. The summed E-state index contributed by atoms with van der Waals surface area (Å²) in [7, 11) is 3.25. The maximum atomic E-state index is 13.9. The fourth-order valence-electron chi connectivity index (χ4n) is 14.1. The van der Waals surface area contributed by atoms with Crippen molar-refractivity contribution in [2.45, 2.75) is 40.8 Å². The Hall–Kier alpha value is -12.0. The Morgan fingerprint density at radius 2 is 0.826 bits per heavy atom. The maximum absolute atomic E-state index is 13.9. The van der Waals surface area contributed by atoms with E-state index < -0.39 is 23.5 Å². The third kappa shape index (κ3) is 16.6. The van der Waals surface area contributed by atoms with Crippen molar-refractivity contribution in [3.05, 3.63) is 280 Å². The Bertz CT molecular complexity index is 5380. The smallest absolute Gasteiger partial charge is 0.345 e. The van der Waals surface area contributed by atoms with E-state index in [1.807, 2.05) is 149 Å². The molecule has 0 saturated carbocycles. The molecule has 0 spiro atoms. The number of furan rings is 1. The zero-order valence-corrected chi connectivity index (χ0v) is 62.9. The number of anilines is 3. The van der Waals surface area contributed by atoms with Crippen LogP contribution in [0.15, 0.2) is 207 Å². The number of halogens is 2. The summed E-state index contributed by atoms with van der Waals surface area (Å²) in [6.45, 7) is 13.7. The summed E-state index contributed by atoms with van der Waals surface area (Å²) in [5.74, 6) is -1.31. The van der Waals surface area contributed by atoms with Crippen LogP contribution in [0, 0.1) is 6.92 Å². The summed E-state index contributed by atoms with van der Waals surface area (Å²) in [5, 5.41) is 3.10. The molecule has 0 radical (unpaired) electrons. The van der Waals surface area contributed by atoms with E-state index in [9.17, 15) is 43.2 Å². The van der Waals surface area contributed by atoms with Gasteiger partial charge in [0.15, 0.2) is 5.76 Å². The predicted molar refractivity (Wildman–Crippen MR) is 422 cm³/mol. The number of carbonyl (C=O) groups excluding carboxylic acids is 6. The summed E-state index contributed by atoms with van der Waals surface area (Å²) < 4.78 is 31.2. The van der Waals surface area contributed by atoms with Crippen LogP contribution in [0.5, 0.6) is 5.75 Å². The van der Waals surface area contributed by atoms with Gasteiger partial charge in [-0.25, -0.2) is 14.4 Å². The second-order valence-corrected chi connectivity index (χ2v) is 27.0. The van der Waals surface area contributed by atoms with Gasteiger partial charge in [0.05, 0.1) is 89.9 Å². The standard InChI is InChI=1S/C31H31N3O5.C30H27Cl2N3O4.C23H25N3O5/c1-3-39-31(37)27-28(32-17-19-33(20-18-32)29(35)23-13-15-24(38-2)16-14-23)25-11-7-8-12-26(25)34(30(27)36)21-22-9-5-4-6-10-22;1-2-39-30(38)26-27(33-14-16-34(17-15-33)28(36)21-12-13-23(31)24(32)18-21)22-10-6-7-11-25(22)35(29(26)37)19-20-8-4-3-5-9-20;1-4-30-23(29)19-20(16-14-15(2)7-8-17(16)24(3)22(19)28)25-9-11-26(12-10-25)21(27)18-6-5-13-31-18/h4-16H,3,17-21H2,1-2H3;3-13,18H,2,14-17,19H2,1H3;5-8,13-14H,4,9-12H2,1-3H3. The predicted octanol–water partition coefficient (Wildman–Crippen LogP) is 12.3. The molecule has 4 aromatic heterocycles. The van der Waals surface area contributed by atoms with Crippen molar-refractivity contribution >= 4 is 109 Å². The highest BCUT2D eigenvalue weighted by molar-refractivity contribution is 6.42. The molecule has 0 unspecified atom stereocenters. The monoisotopic (exact) mass is 1510 g/mol. The van der Waals surface area contributed by atoms with E-state index >= 15 is 0 Å².